The van der Waals surface area contributed by atoms with Crippen LogP contribution in [0.25, 0.3) is 11.4 Å². The Hall–Kier alpha value is -1.30. The van der Waals surface area contributed by atoms with E-state index >= 15 is 0 Å². The third-order valence-corrected chi connectivity index (χ3v) is 2.79. The lowest BCUT2D eigenvalue weighted by molar-refractivity contribution is 0.181. The first kappa shape index (κ1) is 13.1. The van der Waals surface area contributed by atoms with Crippen LogP contribution in [0.3, 0.4) is 0 Å². The lowest BCUT2D eigenvalue weighted by atomic mass is 10.2. The van der Waals surface area contributed by atoms with E-state index in [1.54, 1.807) is 19.2 Å². The van der Waals surface area contributed by atoms with Crippen molar-refractivity contribution in [3.63, 3.8) is 0 Å². The van der Waals surface area contributed by atoms with Crippen molar-refractivity contribution in [3.8, 4) is 11.4 Å². The average Bonchev–Trinajstić information content (AvgIpc) is 2.32. The standard InChI is InChI=1S/C12H10ClFN2OS/c1-17-6-8-5-11(18)16-12(15-8)7-2-3-10(14)9(13)4-7/h2-5H,6H2,1H3,(H,15,16,18). The molecule has 0 amide bonds. The molecule has 3 nitrogen and oxygen atoms in total. The van der Waals surface area contributed by atoms with Crippen molar-refractivity contribution >= 4 is 23.8 Å². The van der Waals surface area contributed by atoms with Crippen molar-refractivity contribution in [2.75, 3.05) is 7.11 Å². The molecule has 1 heterocycles. The fourth-order valence-corrected chi connectivity index (χ4v) is 1.94. The lowest BCUT2D eigenvalue weighted by Gasteiger charge is -2.06. The summed E-state index contributed by atoms with van der Waals surface area (Å²) >= 11 is 10.8. The van der Waals surface area contributed by atoms with Crippen LogP contribution < -0.4 is 0 Å². The summed E-state index contributed by atoms with van der Waals surface area (Å²) in [5.41, 5.74) is 1.47. The number of hydrogen-bond donors (Lipinski definition) is 1. The van der Waals surface area contributed by atoms with Crippen LogP contribution in [0, 0.1) is 10.5 Å². The van der Waals surface area contributed by atoms with Gasteiger partial charge >= 0.3 is 0 Å². The molecule has 2 rings (SSSR count). The topological polar surface area (TPSA) is 37.9 Å². The molecule has 0 saturated carbocycles. The zero-order valence-corrected chi connectivity index (χ0v) is 11.1. The molecule has 0 bridgehead atoms. The fourth-order valence-electron chi connectivity index (χ4n) is 1.52. The number of nitrogens with one attached hydrogen (secondary N) is 1. The maximum Gasteiger partial charge on any atom is 0.141 e. The summed E-state index contributed by atoms with van der Waals surface area (Å²) in [6.07, 6.45) is 0. The van der Waals surface area contributed by atoms with E-state index in [0.29, 0.717) is 22.6 Å². The highest BCUT2D eigenvalue weighted by Crippen LogP contribution is 2.22. The molecule has 1 N–H and O–H groups in total. The number of nitrogens with zero attached hydrogens (tertiary/aromatic N) is 1. The highest BCUT2D eigenvalue weighted by atomic mass is 35.5. The van der Waals surface area contributed by atoms with Crippen LogP contribution >= 0.6 is 23.8 Å². The van der Waals surface area contributed by atoms with Crippen molar-refractivity contribution in [1.29, 1.82) is 0 Å². The second-order valence-electron chi connectivity index (χ2n) is 3.66. The van der Waals surface area contributed by atoms with Crippen LogP contribution in [0.4, 0.5) is 4.39 Å². The maximum atomic E-state index is 13.1. The Morgan fingerprint density at radius 2 is 2.22 bits per heavy atom. The van der Waals surface area contributed by atoms with E-state index in [0.717, 1.165) is 5.69 Å². The van der Waals surface area contributed by atoms with Gasteiger partial charge in [0, 0.05) is 18.4 Å². The summed E-state index contributed by atoms with van der Waals surface area (Å²) in [5.74, 6) is 0.0727. The molecular weight excluding hydrogens is 275 g/mol. The second kappa shape index (κ2) is 5.56. The first-order valence-corrected chi connectivity index (χ1v) is 5.93. The van der Waals surface area contributed by atoms with Crippen LogP contribution in [0.2, 0.25) is 5.02 Å². The molecule has 6 heteroatoms. The molecule has 0 aliphatic carbocycles. The number of ether oxygens (including phenoxy) is 1. The lowest BCUT2D eigenvalue weighted by Crippen LogP contribution is -1.97. The molecule has 0 saturated heterocycles. The van der Waals surface area contributed by atoms with Gasteiger partial charge in [-0.1, -0.05) is 23.8 Å². The van der Waals surface area contributed by atoms with Crippen LogP contribution in [-0.4, -0.2) is 17.1 Å². The van der Waals surface area contributed by atoms with Crippen molar-refractivity contribution in [2.24, 2.45) is 0 Å². The zero-order chi connectivity index (χ0) is 13.1. The van der Waals surface area contributed by atoms with Gasteiger partial charge in [-0.05, 0) is 24.3 Å². The first-order chi connectivity index (χ1) is 8.60. The number of halogens is 2. The molecule has 1 aromatic heterocycles. The predicted molar refractivity (Wildman–Crippen MR) is 70.5 cm³/mol. The second-order valence-corrected chi connectivity index (χ2v) is 4.48. The Balaban J connectivity index is 2.49. The minimum Gasteiger partial charge on any atom is -0.378 e. The summed E-state index contributed by atoms with van der Waals surface area (Å²) in [4.78, 5) is 7.24. The predicted octanol–water partition coefficient (Wildman–Crippen LogP) is 3.75. The van der Waals surface area contributed by atoms with Gasteiger partial charge in [0.05, 0.1) is 11.6 Å². The monoisotopic (exact) mass is 284 g/mol. The molecule has 0 fully saturated rings. The van der Waals surface area contributed by atoms with Gasteiger partial charge in [0.15, 0.2) is 0 Å². The minimum atomic E-state index is -0.466. The number of benzene rings is 1. The first-order valence-electron chi connectivity index (χ1n) is 5.15. The molecule has 0 radical (unpaired) electrons. The fraction of sp³-hybridized carbons (Fsp3) is 0.167. The molecule has 1 aromatic carbocycles. The molecule has 18 heavy (non-hydrogen) atoms. The number of aromatic amines is 1. The maximum absolute atomic E-state index is 13.1. The normalized spacial score (nSPS) is 10.6. The van der Waals surface area contributed by atoms with Crippen molar-refractivity contribution in [3.05, 3.63) is 45.4 Å². The number of H-pyrrole nitrogens is 1. The molecule has 0 aliphatic rings. The summed E-state index contributed by atoms with van der Waals surface area (Å²) in [6, 6.07) is 6.10. The molecule has 94 valence electrons. The van der Waals surface area contributed by atoms with Gasteiger partial charge in [-0.25, -0.2) is 9.37 Å². The molecule has 0 spiro atoms. The minimum absolute atomic E-state index is 0.0470. The van der Waals surface area contributed by atoms with Gasteiger partial charge in [0.2, 0.25) is 0 Å². The van der Waals surface area contributed by atoms with Crippen LogP contribution in [0.5, 0.6) is 0 Å². The van der Waals surface area contributed by atoms with Crippen molar-refractivity contribution in [1.82, 2.24) is 9.97 Å². The smallest absolute Gasteiger partial charge is 0.141 e. The quantitative estimate of drug-likeness (QED) is 0.873. The molecule has 0 unspecified atom stereocenters. The Kier molecular flexibility index (Phi) is 4.06. The Morgan fingerprint density at radius 1 is 1.44 bits per heavy atom. The van der Waals surface area contributed by atoms with E-state index in [-0.39, 0.29) is 5.02 Å². The van der Waals surface area contributed by atoms with E-state index < -0.39 is 5.82 Å². The molecular formula is C12H10ClFN2OS. The number of rotatable bonds is 3. The summed E-state index contributed by atoms with van der Waals surface area (Å²) < 4.78 is 18.6. The Labute approximate surface area is 114 Å². The number of methoxy groups -OCH3 is 1. The highest BCUT2D eigenvalue weighted by molar-refractivity contribution is 7.71. The van der Waals surface area contributed by atoms with E-state index in [4.69, 9.17) is 28.6 Å². The molecule has 0 atom stereocenters. The van der Waals surface area contributed by atoms with Crippen LogP contribution in [0.15, 0.2) is 24.3 Å². The third kappa shape index (κ3) is 2.93. The van der Waals surface area contributed by atoms with Crippen molar-refractivity contribution < 1.29 is 9.13 Å². The largest absolute Gasteiger partial charge is 0.378 e. The van der Waals surface area contributed by atoms with Gasteiger partial charge in [-0.15, -0.1) is 0 Å². The summed E-state index contributed by atoms with van der Waals surface area (Å²) in [5, 5.41) is 0.0470. The van der Waals surface area contributed by atoms with Gasteiger partial charge in [-0.3, -0.25) is 0 Å². The third-order valence-electron chi connectivity index (χ3n) is 2.29. The van der Waals surface area contributed by atoms with E-state index in [1.807, 2.05) is 0 Å². The van der Waals surface area contributed by atoms with Crippen LogP contribution in [0.1, 0.15) is 5.69 Å². The van der Waals surface area contributed by atoms with E-state index in [2.05, 4.69) is 9.97 Å². The zero-order valence-electron chi connectivity index (χ0n) is 9.54. The van der Waals surface area contributed by atoms with Gasteiger partial charge in [0.1, 0.15) is 16.3 Å². The SMILES string of the molecule is COCc1cc(=S)nc(-c2ccc(F)c(Cl)c2)[nH]1. The van der Waals surface area contributed by atoms with Gasteiger partial charge in [-0.2, -0.15) is 0 Å². The molecule has 0 aliphatic heterocycles. The van der Waals surface area contributed by atoms with E-state index in [1.165, 1.54) is 12.1 Å². The van der Waals surface area contributed by atoms with Crippen LogP contribution in [-0.2, 0) is 11.3 Å². The van der Waals surface area contributed by atoms with Crippen molar-refractivity contribution in [2.45, 2.75) is 6.61 Å². The highest BCUT2D eigenvalue weighted by Gasteiger charge is 2.06. The van der Waals surface area contributed by atoms with Gasteiger partial charge in [0.25, 0.3) is 0 Å². The Bertz CT molecular complexity index is 630. The molecule has 2 aromatic rings. The number of hydrogen-bond acceptors (Lipinski definition) is 3. The average molecular weight is 285 g/mol. The van der Waals surface area contributed by atoms with Gasteiger partial charge < -0.3 is 9.72 Å². The number of aromatic nitrogens is 2. The Morgan fingerprint density at radius 3 is 2.89 bits per heavy atom. The summed E-state index contributed by atoms with van der Waals surface area (Å²) in [7, 11) is 1.59. The van der Waals surface area contributed by atoms with E-state index in [9.17, 15) is 4.39 Å². The summed E-state index contributed by atoms with van der Waals surface area (Å²) in [6.45, 7) is 0.397.